The number of hydrogen-bond donors (Lipinski definition) is 2. The van der Waals surface area contributed by atoms with Crippen LogP contribution in [-0.4, -0.2) is 37.3 Å². The zero-order chi connectivity index (χ0) is 14.7. The first kappa shape index (κ1) is 13.8. The van der Waals surface area contributed by atoms with E-state index in [0.29, 0.717) is 19.8 Å². The van der Waals surface area contributed by atoms with Crippen molar-refractivity contribution >= 4 is 28.3 Å². The fourth-order valence-electron chi connectivity index (χ4n) is 2.62. The molecule has 3 rings (SSSR count). The maximum atomic E-state index is 12.2. The molecule has 1 aliphatic rings. The van der Waals surface area contributed by atoms with Crippen LogP contribution in [0.4, 0.5) is 5.69 Å². The lowest BCUT2D eigenvalue weighted by Crippen LogP contribution is -2.14. The molecule has 0 heterocycles. The van der Waals surface area contributed by atoms with Crippen molar-refractivity contribution in [1.82, 2.24) is 0 Å². The van der Waals surface area contributed by atoms with Gasteiger partial charge >= 0.3 is 0 Å². The lowest BCUT2D eigenvalue weighted by atomic mass is 9.91. The Morgan fingerprint density at radius 3 is 2.86 bits per heavy atom. The minimum absolute atomic E-state index is 0.0217. The van der Waals surface area contributed by atoms with Crippen LogP contribution < -0.4 is 5.32 Å². The fourth-order valence-corrected chi connectivity index (χ4v) is 2.62. The second-order valence-corrected chi connectivity index (χ2v) is 4.89. The van der Waals surface area contributed by atoms with Gasteiger partial charge < -0.3 is 15.2 Å². The Bertz CT molecular complexity index is 706. The van der Waals surface area contributed by atoms with E-state index in [4.69, 9.17) is 9.84 Å². The summed E-state index contributed by atoms with van der Waals surface area (Å²) in [6.07, 6.45) is 3.48. The van der Waals surface area contributed by atoms with Crippen molar-refractivity contribution in [2.24, 2.45) is 0 Å². The number of ketones is 1. The van der Waals surface area contributed by atoms with Gasteiger partial charge in [0.05, 0.1) is 25.4 Å². The number of ether oxygens (including phenoxy) is 1. The van der Waals surface area contributed by atoms with Gasteiger partial charge in [-0.15, -0.1) is 0 Å². The topological polar surface area (TPSA) is 58.6 Å². The smallest absolute Gasteiger partial charge is 0.188 e. The third-order valence-corrected chi connectivity index (χ3v) is 3.54. The van der Waals surface area contributed by atoms with Crippen LogP contribution in [0.1, 0.15) is 15.9 Å². The van der Waals surface area contributed by atoms with E-state index < -0.39 is 0 Å². The Hall–Kier alpha value is -2.17. The third-order valence-electron chi connectivity index (χ3n) is 3.54. The lowest BCUT2D eigenvalue weighted by Gasteiger charge is -2.17. The van der Waals surface area contributed by atoms with Crippen LogP contribution in [0.3, 0.4) is 0 Å². The number of allylic oxidation sites excluding steroid dienone is 1. The van der Waals surface area contributed by atoms with Crippen LogP contribution >= 0.6 is 0 Å². The van der Waals surface area contributed by atoms with E-state index >= 15 is 0 Å². The number of aliphatic hydroxyl groups excluding tert-OH is 1. The molecule has 2 aromatic carbocycles. The molecular formula is C17H17NO3. The van der Waals surface area contributed by atoms with E-state index in [1.165, 1.54) is 0 Å². The molecule has 0 spiro atoms. The summed E-state index contributed by atoms with van der Waals surface area (Å²) < 4.78 is 5.22. The molecule has 0 fully saturated rings. The Kier molecular flexibility index (Phi) is 3.99. The van der Waals surface area contributed by atoms with Crippen molar-refractivity contribution < 1.29 is 14.6 Å². The summed E-state index contributed by atoms with van der Waals surface area (Å²) in [4.78, 5) is 12.2. The average molecular weight is 283 g/mol. The fraction of sp³-hybridized carbons (Fsp3) is 0.235. The van der Waals surface area contributed by atoms with Crippen molar-refractivity contribution in [3.63, 3.8) is 0 Å². The second-order valence-electron chi connectivity index (χ2n) is 4.89. The van der Waals surface area contributed by atoms with Gasteiger partial charge in [-0.25, -0.2) is 0 Å². The van der Waals surface area contributed by atoms with Gasteiger partial charge in [0.2, 0.25) is 0 Å². The maximum Gasteiger partial charge on any atom is 0.188 e. The molecule has 0 amide bonds. The molecule has 2 aromatic rings. The summed E-state index contributed by atoms with van der Waals surface area (Å²) >= 11 is 0. The molecule has 2 N–H and O–H groups in total. The van der Waals surface area contributed by atoms with Crippen LogP contribution in [0.15, 0.2) is 36.4 Å². The Morgan fingerprint density at radius 2 is 2.00 bits per heavy atom. The number of nitrogens with one attached hydrogen (secondary N) is 1. The van der Waals surface area contributed by atoms with E-state index in [1.807, 2.05) is 36.4 Å². The standard InChI is InChI=1S/C17H17NO3/c19-9-11-21-10-8-18-14-6-4-12-2-1-3-13-5-7-15(20)17(14)16(12)13/h1-7,18-19H,8-11H2. The highest BCUT2D eigenvalue weighted by Crippen LogP contribution is 2.33. The number of aliphatic hydroxyl groups is 1. The summed E-state index contributed by atoms with van der Waals surface area (Å²) in [6, 6.07) is 9.99. The van der Waals surface area contributed by atoms with Gasteiger partial charge in [0.15, 0.2) is 5.78 Å². The van der Waals surface area contributed by atoms with Gasteiger partial charge in [0, 0.05) is 17.6 Å². The molecule has 0 saturated carbocycles. The van der Waals surface area contributed by atoms with Crippen LogP contribution in [0.5, 0.6) is 0 Å². The molecule has 108 valence electrons. The normalized spacial score (nSPS) is 12.9. The van der Waals surface area contributed by atoms with Crippen molar-refractivity contribution in [3.05, 3.63) is 47.5 Å². The summed E-state index contributed by atoms with van der Waals surface area (Å²) in [6.45, 7) is 1.44. The van der Waals surface area contributed by atoms with Gasteiger partial charge in [0.1, 0.15) is 0 Å². The lowest BCUT2D eigenvalue weighted by molar-refractivity contribution is 0.0991. The van der Waals surface area contributed by atoms with Crippen LogP contribution in [-0.2, 0) is 4.74 Å². The molecule has 0 saturated heterocycles. The van der Waals surface area contributed by atoms with E-state index in [0.717, 1.165) is 27.6 Å². The Labute approximate surface area is 123 Å². The SMILES string of the molecule is O=C1C=Cc2cccc3ccc(NCCOCCO)c1c23. The zero-order valence-electron chi connectivity index (χ0n) is 11.6. The van der Waals surface area contributed by atoms with Gasteiger partial charge in [0.25, 0.3) is 0 Å². The molecular weight excluding hydrogens is 266 g/mol. The molecule has 0 radical (unpaired) electrons. The number of anilines is 1. The van der Waals surface area contributed by atoms with Gasteiger partial charge in [-0.2, -0.15) is 0 Å². The first-order valence-electron chi connectivity index (χ1n) is 7.02. The second kappa shape index (κ2) is 6.08. The number of benzene rings is 2. The summed E-state index contributed by atoms with van der Waals surface area (Å²) in [5.41, 5.74) is 2.63. The zero-order valence-corrected chi connectivity index (χ0v) is 11.6. The molecule has 0 aliphatic heterocycles. The molecule has 21 heavy (non-hydrogen) atoms. The first-order valence-corrected chi connectivity index (χ1v) is 7.02. The van der Waals surface area contributed by atoms with Gasteiger partial charge in [-0.3, -0.25) is 4.79 Å². The summed E-state index contributed by atoms with van der Waals surface area (Å²) in [5, 5.41) is 14.0. The minimum atomic E-state index is 0.0217. The van der Waals surface area contributed by atoms with Crippen molar-refractivity contribution in [3.8, 4) is 0 Å². The van der Waals surface area contributed by atoms with Crippen LogP contribution in [0.25, 0.3) is 16.8 Å². The highest BCUT2D eigenvalue weighted by Gasteiger charge is 2.18. The van der Waals surface area contributed by atoms with Crippen molar-refractivity contribution in [2.45, 2.75) is 0 Å². The number of carbonyl (C=O) groups excluding carboxylic acids is 1. The molecule has 4 nitrogen and oxygen atoms in total. The van der Waals surface area contributed by atoms with E-state index in [-0.39, 0.29) is 12.4 Å². The predicted molar refractivity (Wildman–Crippen MR) is 83.7 cm³/mol. The highest BCUT2D eigenvalue weighted by atomic mass is 16.5. The molecule has 4 heteroatoms. The number of rotatable bonds is 6. The Balaban J connectivity index is 1.89. The van der Waals surface area contributed by atoms with E-state index in [9.17, 15) is 4.79 Å². The average Bonchev–Trinajstić information content (AvgIpc) is 2.51. The van der Waals surface area contributed by atoms with Crippen molar-refractivity contribution in [1.29, 1.82) is 0 Å². The van der Waals surface area contributed by atoms with E-state index in [2.05, 4.69) is 5.32 Å². The maximum absolute atomic E-state index is 12.2. The van der Waals surface area contributed by atoms with E-state index in [1.54, 1.807) is 6.08 Å². The Morgan fingerprint density at radius 1 is 1.10 bits per heavy atom. The largest absolute Gasteiger partial charge is 0.394 e. The molecule has 0 aromatic heterocycles. The van der Waals surface area contributed by atoms with Crippen molar-refractivity contribution in [2.75, 3.05) is 31.7 Å². The summed E-state index contributed by atoms with van der Waals surface area (Å²) in [7, 11) is 0. The first-order chi connectivity index (χ1) is 10.3. The molecule has 0 atom stereocenters. The summed E-state index contributed by atoms with van der Waals surface area (Å²) in [5.74, 6) is 0.0260. The minimum Gasteiger partial charge on any atom is -0.394 e. The van der Waals surface area contributed by atoms with Gasteiger partial charge in [-0.1, -0.05) is 30.3 Å². The highest BCUT2D eigenvalue weighted by molar-refractivity contribution is 6.23. The monoisotopic (exact) mass is 283 g/mol. The predicted octanol–water partition coefficient (Wildman–Crippen LogP) is 2.47. The number of carbonyl (C=O) groups is 1. The quantitative estimate of drug-likeness (QED) is 0.800. The number of hydrogen-bond acceptors (Lipinski definition) is 4. The molecule has 0 bridgehead atoms. The molecule has 1 aliphatic carbocycles. The van der Waals surface area contributed by atoms with Gasteiger partial charge in [-0.05, 0) is 23.1 Å². The van der Waals surface area contributed by atoms with Crippen LogP contribution in [0, 0.1) is 0 Å². The third kappa shape index (κ3) is 2.68. The molecule has 0 unspecified atom stereocenters. The van der Waals surface area contributed by atoms with Crippen LogP contribution in [0.2, 0.25) is 0 Å².